The zero-order chi connectivity index (χ0) is 17.5. The molecular weight excluding hydrogens is 353 g/mol. The van der Waals surface area contributed by atoms with Gasteiger partial charge >= 0.3 is 0 Å². The van der Waals surface area contributed by atoms with Gasteiger partial charge in [0, 0.05) is 0 Å². The van der Waals surface area contributed by atoms with Crippen LogP contribution >= 0.6 is 23.2 Å². The van der Waals surface area contributed by atoms with E-state index in [0.717, 1.165) is 0 Å². The molecule has 0 radical (unpaired) electrons. The lowest BCUT2D eigenvalue weighted by Crippen LogP contribution is -2.20. The molecule has 0 fully saturated rings. The minimum Gasteiger partial charge on any atom is -0.482 e. The topological polar surface area (TPSA) is 93.8 Å². The van der Waals surface area contributed by atoms with Crippen molar-refractivity contribution in [2.24, 2.45) is 10.8 Å². The average molecular weight is 366 g/mol. The lowest BCUT2D eigenvalue weighted by Gasteiger charge is -2.06. The van der Waals surface area contributed by atoms with Crippen molar-refractivity contribution in [3.05, 3.63) is 63.6 Å². The van der Waals surface area contributed by atoms with Crippen molar-refractivity contribution in [3.8, 4) is 5.75 Å². The van der Waals surface area contributed by atoms with Crippen LogP contribution in [-0.4, -0.2) is 24.6 Å². The number of benzene rings is 2. The van der Waals surface area contributed by atoms with E-state index in [4.69, 9.17) is 33.7 Å². The molecule has 0 aromatic heterocycles. The molecule has 0 aliphatic carbocycles. The van der Waals surface area contributed by atoms with Crippen LogP contribution in [0, 0.1) is 0 Å². The van der Waals surface area contributed by atoms with Crippen LogP contribution in [0.1, 0.15) is 15.9 Å². The summed E-state index contributed by atoms with van der Waals surface area (Å²) in [6.07, 6.45) is 1.42. The second kappa shape index (κ2) is 8.33. The summed E-state index contributed by atoms with van der Waals surface area (Å²) >= 11 is 12.0. The van der Waals surface area contributed by atoms with Crippen molar-refractivity contribution in [1.82, 2.24) is 5.43 Å². The number of hydrogen-bond donors (Lipinski definition) is 2. The average Bonchev–Trinajstić information content (AvgIpc) is 2.54. The number of nitrogens with zero attached hydrogens (tertiary/aromatic N) is 1. The highest BCUT2D eigenvalue weighted by molar-refractivity contribution is 6.33. The third-order valence-corrected chi connectivity index (χ3v) is 3.45. The first-order valence-electron chi connectivity index (χ1n) is 6.76. The molecule has 2 rings (SSSR count). The summed E-state index contributed by atoms with van der Waals surface area (Å²) in [5.74, 6) is -0.698. The van der Waals surface area contributed by atoms with E-state index in [1.807, 2.05) is 0 Å². The molecule has 24 heavy (non-hydrogen) atoms. The number of primary amides is 1. The van der Waals surface area contributed by atoms with Crippen LogP contribution in [0.4, 0.5) is 0 Å². The van der Waals surface area contributed by atoms with Gasteiger partial charge in [0.15, 0.2) is 6.61 Å². The zero-order valence-corrected chi connectivity index (χ0v) is 13.8. The van der Waals surface area contributed by atoms with Gasteiger partial charge in [-0.1, -0.05) is 35.3 Å². The molecule has 0 aliphatic rings. The zero-order valence-electron chi connectivity index (χ0n) is 12.3. The van der Waals surface area contributed by atoms with Gasteiger partial charge in [0.2, 0.25) is 0 Å². The summed E-state index contributed by atoms with van der Waals surface area (Å²) in [5.41, 5.74) is 8.32. The number of nitrogens with two attached hydrogens (primary N) is 1. The van der Waals surface area contributed by atoms with Gasteiger partial charge in [-0.25, -0.2) is 5.43 Å². The van der Waals surface area contributed by atoms with Gasteiger partial charge in [-0.05, 0) is 35.9 Å². The van der Waals surface area contributed by atoms with Crippen LogP contribution < -0.4 is 15.9 Å². The van der Waals surface area contributed by atoms with Crippen LogP contribution in [-0.2, 0) is 4.79 Å². The Morgan fingerprint density at radius 2 is 1.92 bits per heavy atom. The fourth-order valence-electron chi connectivity index (χ4n) is 1.73. The summed E-state index contributed by atoms with van der Waals surface area (Å²) in [4.78, 5) is 22.6. The molecule has 2 aromatic rings. The van der Waals surface area contributed by atoms with Crippen molar-refractivity contribution in [3.63, 3.8) is 0 Å². The second-order valence-corrected chi connectivity index (χ2v) is 5.44. The summed E-state index contributed by atoms with van der Waals surface area (Å²) in [7, 11) is 0. The third kappa shape index (κ3) is 4.97. The minimum atomic E-state index is -0.598. The van der Waals surface area contributed by atoms with E-state index in [9.17, 15) is 9.59 Å². The van der Waals surface area contributed by atoms with Crippen molar-refractivity contribution < 1.29 is 14.3 Å². The molecule has 6 nitrogen and oxygen atoms in total. The smallest absolute Gasteiger partial charge is 0.272 e. The Bertz CT molecular complexity index is 794. The maximum atomic E-state index is 11.9. The number of amides is 2. The van der Waals surface area contributed by atoms with Crippen molar-refractivity contribution in [2.75, 3.05) is 6.61 Å². The lowest BCUT2D eigenvalue weighted by atomic mass is 10.2. The van der Waals surface area contributed by atoms with E-state index in [0.29, 0.717) is 21.9 Å². The summed E-state index contributed by atoms with van der Waals surface area (Å²) in [5, 5.41) is 4.47. The molecule has 0 aliphatic heterocycles. The number of ether oxygens (including phenoxy) is 1. The minimum absolute atomic E-state index is 0.263. The molecule has 8 heteroatoms. The first-order chi connectivity index (χ1) is 11.5. The van der Waals surface area contributed by atoms with Gasteiger partial charge in [0.25, 0.3) is 11.8 Å². The van der Waals surface area contributed by atoms with Crippen molar-refractivity contribution in [2.45, 2.75) is 0 Å². The van der Waals surface area contributed by atoms with Crippen LogP contribution in [0.3, 0.4) is 0 Å². The molecule has 0 unspecified atom stereocenters. The van der Waals surface area contributed by atoms with E-state index in [1.54, 1.807) is 42.5 Å². The van der Waals surface area contributed by atoms with Gasteiger partial charge in [-0.3, -0.25) is 9.59 Å². The highest BCUT2D eigenvalue weighted by atomic mass is 35.5. The van der Waals surface area contributed by atoms with Gasteiger partial charge in [-0.15, -0.1) is 0 Å². The lowest BCUT2D eigenvalue weighted by molar-refractivity contribution is -0.119. The van der Waals surface area contributed by atoms with Gasteiger partial charge in [0.1, 0.15) is 5.75 Å². The summed E-state index contributed by atoms with van der Waals surface area (Å²) in [6, 6.07) is 11.4. The monoisotopic (exact) mass is 365 g/mol. The predicted molar refractivity (Wildman–Crippen MR) is 92.7 cm³/mol. The molecule has 2 aromatic carbocycles. The molecule has 0 bridgehead atoms. The van der Waals surface area contributed by atoms with Crippen molar-refractivity contribution >= 4 is 41.2 Å². The Hall–Kier alpha value is -2.57. The molecule has 0 saturated carbocycles. The highest BCUT2D eigenvalue weighted by Gasteiger charge is 2.08. The second-order valence-electron chi connectivity index (χ2n) is 4.62. The van der Waals surface area contributed by atoms with E-state index in [1.165, 1.54) is 6.21 Å². The molecule has 0 spiro atoms. The SMILES string of the molecule is NC(=O)COc1ccc(C=NNC(=O)c2ccccc2Cl)cc1Cl. The fraction of sp³-hybridized carbons (Fsp3) is 0.0625. The summed E-state index contributed by atoms with van der Waals surface area (Å²) in [6.45, 7) is -0.263. The number of halogens is 2. The van der Waals surface area contributed by atoms with Crippen LogP contribution in [0.2, 0.25) is 10.0 Å². The van der Waals surface area contributed by atoms with Crippen molar-refractivity contribution in [1.29, 1.82) is 0 Å². The number of carbonyl (C=O) groups is 2. The van der Waals surface area contributed by atoms with Crippen LogP contribution in [0.15, 0.2) is 47.6 Å². The first-order valence-corrected chi connectivity index (χ1v) is 7.51. The summed E-state index contributed by atoms with van der Waals surface area (Å²) < 4.78 is 5.13. The number of carbonyl (C=O) groups excluding carboxylic acids is 2. The van der Waals surface area contributed by atoms with Gasteiger partial charge < -0.3 is 10.5 Å². The highest BCUT2D eigenvalue weighted by Crippen LogP contribution is 2.24. The molecule has 0 heterocycles. The van der Waals surface area contributed by atoms with E-state index < -0.39 is 11.8 Å². The number of hydrazone groups is 1. The maximum absolute atomic E-state index is 11.9. The molecule has 0 saturated heterocycles. The Kier molecular flexibility index (Phi) is 6.17. The molecule has 2 amide bonds. The van der Waals surface area contributed by atoms with Crippen LogP contribution in [0.25, 0.3) is 0 Å². The van der Waals surface area contributed by atoms with Gasteiger partial charge in [0.05, 0.1) is 21.8 Å². The number of rotatable bonds is 6. The first kappa shape index (κ1) is 17.8. The Balaban J connectivity index is 1.99. The largest absolute Gasteiger partial charge is 0.482 e. The standard InChI is InChI=1S/C16H13Cl2N3O3/c17-12-4-2-1-3-11(12)16(23)21-20-8-10-5-6-14(13(18)7-10)24-9-15(19)22/h1-8H,9H2,(H2,19,22)(H,21,23). The predicted octanol–water partition coefficient (Wildman–Crippen LogP) is 2.62. The number of hydrogen-bond acceptors (Lipinski definition) is 4. The van der Waals surface area contributed by atoms with E-state index >= 15 is 0 Å². The molecule has 3 N–H and O–H groups in total. The number of nitrogens with one attached hydrogen (secondary N) is 1. The Morgan fingerprint density at radius 3 is 2.58 bits per heavy atom. The van der Waals surface area contributed by atoms with Gasteiger partial charge in [-0.2, -0.15) is 5.10 Å². The molecule has 124 valence electrons. The quantitative estimate of drug-likeness (QED) is 0.608. The normalized spacial score (nSPS) is 10.6. The fourth-order valence-corrected chi connectivity index (χ4v) is 2.20. The van der Waals surface area contributed by atoms with E-state index in [-0.39, 0.29) is 11.6 Å². The Labute approximate surface area is 148 Å². The molecular formula is C16H13Cl2N3O3. The maximum Gasteiger partial charge on any atom is 0.272 e. The molecule has 0 atom stereocenters. The van der Waals surface area contributed by atoms with Crippen LogP contribution in [0.5, 0.6) is 5.75 Å². The Morgan fingerprint density at radius 1 is 1.17 bits per heavy atom. The third-order valence-electron chi connectivity index (χ3n) is 2.82. The van der Waals surface area contributed by atoms with E-state index in [2.05, 4.69) is 10.5 Å².